The third-order valence-corrected chi connectivity index (χ3v) is 7.05. The van der Waals surface area contributed by atoms with Crippen LogP contribution in [0.5, 0.6) is 0 Å². The first-order valence-corrected chi connectivity index (χ1v) is 15.2. The molecule has 44 heavy (non-hydrogen) atoms. The molecule has 0 spiro atoms. The molecular formula is C35H51N3O6. The summed E-state index contributed by atoms with van der Waals surface area (Å²) >= 11 is 0. The fourth-order valence-electron chi connectivity index (χ4n) is 4.53. The van der Waals surface area contributed by atoms with Gasteiger partial charge in [-0.05, 0) is 86.8 Å². The van der Waals surface area contributed by atoms with Gasteiger partial charge < -0.3 is 25.0 Å². The predicted molar refractivity (Wildman–Crippen MR) is 172 cm³/mol. The summed E-state index contributed by atoms with van der Waals surface area (Å²) in [4.78, 5) is 56.2. The minimum atomic E-state index is -1.12. The Morgan fingerprint density at radius 1 is 0.795 bits per heavy atom. The van der Waals surface area contributed by atoms with Crippen LogP contribution in [0.4, 0.5) is 4.79 Å². The molecule has 9 nitrogen and oxygen atoms in total. The monoisotopic (exact) mass is 609 g/mol. The molecule has 0 bridgehead atoms. The minimum absolute atomic E-state index is 0.198. The molecule has 3 atom stereocenters. The zero-order valence-electron chi connectivity index (χ0n) is 28.2. The third kappa shape index (κ3) is 11.0. The summed E-state index contributed by atoms with van der Waals surface area (Å²) in [5.41, 5.74) is 0.0324. The van der Waals surface area contributed by atoms with Gasteiger partial charge in [0.1, 0.15) is 29.3 Å². The van der Waals surface area contributed by atoms with E-state index in [1.165, 1.54) is 4.90 Å². The van der Waals surface area contributed by atoms with Crippen LogP contribution in [0.3, 0.4) is 0 Å². The number of alkyl carbamates (subject to hydrolysis) is 1. The first kappa shape index (κ1) is 36.3. The molecule has 0 aromatic heterocycles. The van der Waals surface area contributed by atoms with Crippen LogP contribution in [0.1, 0.15) is 98.4 Å². The van der Waals surface area contributed by atoms with Gasteiger partial charge in [-0.2, -0.15) is 0 Å². The van der Waals surface area contributed by atoms with Crippen molar-refractivity contribution in [3.63, 3.8) is 0 Å². The van der Waals surface area contributed by atoms with Gasteiger partial charge in [0, 0.05) is 12.0 Å². The van der Waals surface area contributed by atoms with Gasteiger partial charge in [-0.15, -0.1) is 0 Å². The van der Waals surface area contributed by atoms with Crippen molar-refractivity contribution in [2.75, 3.05) is 0 Å². The Labute approximate surface area is 263 Å². The van der Waals surface area contributed by atoms with E-state index in [0.717, 1.165) is 11.1 Å². The summed E-state index contributed by atoms with van der Waals surface area (Å²) < 4.78 is 11.1. The Hall–Kier alpha value is -3.88. The van der Waals surface area contributed by atoms with Gasteiger partial charge in [0.05, 0.1) is 0 Å². The third-order valence-electron chi connectivity index (χ3n) is 7.05. The van der Waals surface area contributed by atoms with Crippen LogP contribution < -0.4 is 10.6 Å². The number of hydrogen-bond acceptors (Lipinski definition) is 6. The van der Waals surface area contributed by atoms with E-state index in [4.69, 9.17) is 9.47 Å². The van der Waals surface area contributed by atoms with Crippen LogP contribution in [0.2, 0.25) is 0 Å². The summed E-state index contributed by atoms with van der Waals surface area (Å²) in [7, 11) is 0. The highest BCUT2D eigenvalue weighted by Crippen LogP contribution is 2.32. The lowest BCUT2D eigenvalue weighted by atomic mass is 9.91. The molecule has 0 aliphatic rings. The van der Waals surface area contributed by atoms with Gasteiger partial charge in [-0.1, -0.05) is 67.1 Å². The molecule has 0 aliphatic carbocycles. The summed E-state index contributed by atoms with van der Waals surface area (Å²) in [5, 5.41) is 5.55. The Balaban J connectivity index is 2.59. The number of carbonyl (C=O) groups is 4. The van der Waals surface area contributed by atoms with Crippen molar-refractivity contribution in [2.45, 2.75) is 124 Å². The first-order valence-electron chi connectivity index (χ1n) is 15.2. The van der Waals surface area contributed by atoms with Crippen LogP contribution in [0.25, 0.3) is 0 Å². The van der Waals surface area contributed by atoms with Crippen LogP contribution in [-0.2, 0) is 30.3 Å². The lowest BCUT2D eigenvalue weighted by Crippen LogP contribution is -2.59. The number of nitrogens with zero attached hydrogens (tertiary/aromatic N) is 1. The van der Waals surface area contributed by atoms with Crippen molar-refractivity contribution in [3.8, 4) is 0 Å². The van der Waals surface area contributed by atoms with Gasteiger partial charge in [-0.25, -0.2) is 9.59 Å². The van der Waals surface area contributed by atoms with Crippen molar-refractivity contribution in [3.05, 3.63) is 71.3 Å². The number of nitrogens with one attached hydrogen (secondary N) is 2. The highest BCUT2D eigenvalue weighted by atomic mass is 16.6. The standard InChI is InChI=1S/C35H51N3O6/c1-12-35(10,11)38(30(40)24(3)36-32(42)44-34(7,8)9)28(26-20-18-23(2)19-21-26)29(39)37-27(31(41)43-33(4,5)6)22-25-16-14-13-15-17-25/h13-21,24,27-28H,12,22H2,1-11H3,(H,36,42)(H,37,39). The summed E-state index contributed by atoms with van der Waals surface area (Å²) in [6, 6.07) is 13.5. The maximum atomic E-state index is 14.4. The molecule has 0 fully saturated rings. The number of ether oxygens (including phenoxy) is 2. The number of esters is 1. The van der Waals surface area contributed by atoms with E-state index in [-0.39, 0.29) is 6.42 Å². The van der Waals surface area contributed by atoms with Crippen molar-refractivity contribution < 1.29 is 28.7 Å². The Kier molecular flexibility index (Phi) is 12.2. The van der Waals surface area contributed by atoms with Crippen molar-refractivity contribution in [1.82, 2.24) is 15.5 Å². The zero-order chi connectivity index (χ0) is 33.5. The normalized spacial score (nSPS) is 14.1. The predicted octanol–water partition coefficient (Wildman–Crippen LogP) is 6.04. The molecule has 0 saturated heterocycles. The molecule has 0 heterocycles. The average Bonchev–Trinajstić information content (AvgIpc) is 2.89. The van der Waals surface area contributed by atoms with E-state index >= 15 is 0 Å². The summed E-state index contributed by atoms with van der Waals surface area (Å²) in [6.45, 7) is 19.7. The molecule has 2 rings (SSSR count). The molecule has 2 N–H and O–H groups in total. The maximum Gasteiger partial charge on any atom is 0.408 e. The number of benzene rings is 2. The quantitative estimate of drug-likeness (QED) is 0.301. The first-order chi connectivity index (χ1) is 20.2. The molecule has 0 saturated carbocycles. The second kappa shape index (κ2) is 14.7. The Morgan fingerprint density at radius 2 is 1.34 bits per heavy atom. The zero-order valence-corrected chi connectivity index (χ0v) is 28.2. The lowest BCUT2D eigenvalue weighted by molar-refractivity contribution is -0.159. The second-order valence-electron chi connectivity index (χ2n) is 13.8. The molecule has 3 unspecified atom stereocenters. The second-order valence-corrected chi connectivity index (χ2v) is 13.8. The largest absolute Gasteiger partial charge is 0.458 e. The summed E-state index contributed by atoms with van der Waals surface area (Å²) in [5.74, 6) is -1.59. The maximum absolute atomic E-state index is 14.4. The SMILES string of the molecule is CCC(C)(C)N(C(=O)C(C)NC(=O)OC(C)(C)C)C(C(=O)NC(Cc1ccccc1)C(=O)OC(C)(C)C)c1ccc(C)cc1. The Morgan fingerprint density at radius 3 is 1.84 bits per heavy atom. The molecule has 9 heteroatoms. The van der Waals surface area contributed by atoms with Crippen molar-refractivity contribution in [1.29, 1.82) is 0 Å². The summed E-state index contributed by atoms with van der Waals surface area (Å²) in [6.07, 6.45) is -0.0338. The molecule has 242 valence electrons. The fraction of sp³-hybridized carbons (Fsp3) is 0.543. The van der Waals surface area contributed by atoms with Crippen LogP contribution >= 0.6 is 0 Å². The number of hydrogen-bond donors (Lipinski definition) is 2. The highest BCUT2D eigenvalue weighted by molar-refractivity contribution is 5.94. The van der Waals surface area contributed by atoms with Gasteiger partial charge in [0.25, 0.3) is 0 Å². The van der Waals surface area contributed by atoms with E-state index in [1.54, 1.807) is 60.6 Å². The van der Waals surface area contributed by atoms with Gasteiger partial charge >= 0.3 is 12.1 Å². The van der Waals surface area contributed by atoms with Gasteiger partial charge in [0.2, 0.25) is 11.8 Å². The smallest absolute Gasteiger partial charge is 0.408 e. The van der Waals surface area contributed by atoms with Gasteiger partial charge in [0.15, 0.2) is 0 Å². The van der Waals surface area contributed by atoms with Crippen LogP contribution in [0.15, 0.2) is 54.6 Å². The van der Waals surface area contributed by atoms with Crippen LogP contribution in [-0.4, -0.2) is 57.6 Å². The molecular weight excluding hydrogens is 558 g/mol. The molecule has 0 radical (unpaired) electrons. The molecule has 0 aliphatic heterocycles. The number of amides is 3. The minimum Gasteiger partial charge on any atom is -0.458 e. The van der Waals surface area contributed by atoms with E-state index in [0.29, 0.717) is 12.0 Å². The van der Waals surface area contributed by atoms with E-state index in [9.17, 15) is 19.2 Å². The van der Waals surface area contributed by atoms with Crippen molar-refractivity contribution >= 4 is 23.9 Å². The van der Waals surface area contributed by atoms with E-state index in [1.807, 2.05) is 70.2 Å². The topological polar surface area (TPSA) is 114 Å². The van der Waals surface area contributed by atoms with Crippen LogP contribution in [0, 0.1) is 6.92 Å². The molecule has 2 aromatic rings. The highest BCUT2D eigenvalue weighted by Gasteiger charge is 2.43. The molecule has 2 aromatic carbocycles. The van der Waals surface area contributed by atoms with E-state index in [2.05, 4.69) is 10.6 Å². The van der Waals surface area contributed by atoms with Crippen molar-refractivity contribution in [2.24, 2.45) is 0 Å². The molecule has 3 amide bonds. The Bertz CT molecular complexity index is 1280. The number of rotatable bonds is 11. The number of carbonyl (C=O) groups excluding carboxylic acids is 4. The average molecular weight is 610 g/mol. The lowest BCUT2D eigenvalue weighted by Gasteiger charge is -2.44. The van der Waals surface area contributed by atoms with Gasteiger partial charge in [-0.3, -0.25) is 9.59 Å². The van der Waals surface area contributed by atoms with E-state index < -0.39 is 58.7 Å². The fourth-order valence-corrected chi connectivity index (χ4v) is 4.53. The number of aryl methyl sites for hydroxylation is 1.